The van der Waals surface area contributed by atoms with Crippen molar-refractivity contribution in [2.24, 2.45) is 29.2 Å². The number of nitrogens with two attached hydrogens (primary N) is 1. The van der Waals surface area contributed by atoms with E-state index >= 15 is 4.57 Å². The van der Waals surface area contributed by atoms with Crippen molar-refractivity contribution in [3.63, 3.8) is 0 Å². The molecule has 3 fully saturated rings. The maximum Gasteiger partial charge on any atom is 0.351 e. The summed E-state index contributed by atoms with van der Waals surface area (Å²) in [5.41, 5.74) is 7.63. The molecule has 22 heteroatoms. The van der Waals surface area contributed by atoms with E-state index in [0.717, 1.165) is 34.1 Å². The average Bonchev–Trinajstić information content (AvgIpc) is 0.911. The van der Waals surface area contributed by atoms with Gasteiger partial charge in [-0.2, -0.15) is 9.97 Å². The van der Waals surface area contributed by atoms with Crippen LogP contribution in [0.2, 0.25) is 0 Å². The number of nitrogens with one attached hydrogen (secondary N) is 2. The number of carbonyl (C=O) groups excluding carboxylic acids is 4. The summed E-state index contributed by atoms with van der Waals surface area (Å²) in [5, 5.41) is 5.34. The fraction of sp³-hybridized carbons (Fsp3) is 0.354. The van der Waals surface area contributed by atoms with E-state index in [1.807, 2.05) is 91.0 Å². The number of carbonyl (C=O) groups is 4. The van der Waals surface area contributed by atoms with Crippen LogP contribution in [0.3, 0.4) is 0 Å². The number of aromatic nitrogens is 4. The Morgan fingerprint density at radius 3 is 1.43 bits per heavy atom. The summed E-state index contributed by atoms with van der Waals surface area (Å²) in [7, 11) is -4.45. The first-order valence-corrected chi connectivity index (χ1v) is 30.9. The lowest BCUT2D eigenvalue weighted by Gasteiger charge is -2.50. The van der Waals surface area contributed by atoms with Gasteiger partial charge in [0.05, 0.1) is 44.2 Å². The van der Waals surface area contributed by atoms with Crippen LogP contribution in [0.15, 0.2) is 186 Å². The van der Waals surface area contributed by atoms with Gasteiger partial charge in [-0.15, -0.1) is 0 Å². The molecule has 1 saturated carbocycles. The van der Waals surface area contributed by atoms with Gasteiger partial charge in [0.25, 0.3) is 11.8 Å². The third-order valence-electron chi connectivity index (χ3n) is 16.7. The van der Waals surface area contributed by atoms with E-state index in [0.29, 0.717) is 28.9 Å². The van der Waals surface area contributed by atoms with E-state index < -0.39 is 86.2 Å². The highest BCUT2D eigenvalue weighted by Gasteiger charge is 2.48. The van der Waals surface area contributed by atoms with Crippen molar-refractivity contribution < 1.29 is 47.2 Å². The highest BCUT2D eigenvalue weighted by Crippen LogP contribution is 2.48. The molecule has 4 N–H and O–H groups in total. The van der Waals surface area contributed by atoms with Gasteiger partial charge in [-0.05, 0) is 89.6 Å². The molecular weight excluding hydrogens is 1130 g/mol. The second kappa shape index (κ2) is 28.1. The van der Waals surface area contributed by atoms with Crippen LogP contribution >= 0.6 is 7.67 Å². The predicted octanol–water partition coefficient (Wildman–Crippen LogP) is 8.66. The molecule has 0 radical (unpaired) electrons. The minimum atomic E-state index is -4.45. The molecule has 1 aliphatic carbocycles. The van der Waals surface area contributed by atoms with E-state index in [4.69, 9.17) is 29.0 Å². The monoisotopic (exact) mass is 1200 g/mol. The SMILES string of the molecule is CC1CC(COC(=O)CCC(=O)OC[C@@H]2CN(P(N)(=O)OC[C@@H]3CN(C(c4ccccc4)(c4ccccc4)c4ccccc4)C[C@H](n4ccc(NC(=O)c5ccccc5)nc4=O)O3)C[C@H](n3ccc(NC(=O)c4ccccc4)nc3=O)O2)CC(C)C1C. The topological polar surface area (TPSA) is 258 Å². The molecule has 7 atom stereocenters. The van der Waals surface area contributed by atoms with Crippen molar-refractivity contribution in [2.45, 2.75) is 76.7 Å². The Morgan fingerprint density at radius 1 is 0.563 bits per heavy atom. The Labute approximate surface area is 504 Å². The summed E-state index contributed by atoms with van der Waals surface area (Å²) in [4.78, 5) is 91.0. The van der Waals surface area contributed by atoms with Crippen molar-refractivity contribution in [1.29, 1.82) is 0 Å². The lowest BCUT2D eigenvalue weighted by Crippen LogP contribution is -2.58. The molecule has 87 heavy (non-hydrogen) atoms. The number of ether oxygens (including phenoxy) is 4. The molecule has 5 aromatic carbocycles. The lowest BCUT2D eigenvalue weighted by atomic mass is 9.70. The number of nitrogens with zero attached hydrogens (tertiary/aromatic N) is 6. The highest BCUT2D eigenvalue weighted by molar-refractivity contribution is 7.53. The summed E-state index contributed by atoms with van der Waals surface area (Å²) < 4.78 is 49.8. The molecule has 21 nitrogen and oxygen atoms in total. The number of benzene rings is 5. The Morgan fingerprint density at radius 2 is 0.977 bits per heavy atom. The van der Waals surface area contributed by atoms with Crippen LogP contribution in [0.4, 0.5) is 11.6 Å². The van der Waals surface area contributed by atoms with E-state index in [1.165, 1.54) is 33.8 Å². The van der Waals surface area contributed by atoms with Gasteiger partial charge in [0, 0.05) is 43.2 Å². The summed E-state index contributed by atoms with van der Waals surface area (Å²) >= 11 is 0. The van der Waals surface area contributed by atoms with Crippen molar-refractivity contribution in [1.82, 2.24) is 28.7 Å². The van der Waals surface area contributed by atoms with Crippen LogP contribution in [0.1, 0.15) is 96.3 Å². The first-order chi connectivity index (χ1) is 42.0. The van der Waals surface area contributed by atoms with E-state index in [-0.39, 0.29) is 63.2 Å². The number of amides is 2. The van der Waals surface area contributed by atoms with Crippen LogP contribution in [0, 0.1) is 23.7 Å². The van der Waals surface area contributed by atoms with Gasteiger partial charge in [-0.25, -0.2) is 19.8 Å². The van der Waals surface area contributed by atoms with Gasteiger partial charge in [0.2, 0.25) is 0 Å². The number of anilines is 2. The predicted molar refractivity (Wildman–Crippen MR) is 325 cm³/mol. The molecule has 10 rings (SSSR count). The fourth-order valence-electron chi connectivity index (χ4n) is 11.9. The summed E-state index contributed by atoms with van der Waals surface area (Å²) in [5.74, 6) is -0.343. The molecule has 3 unspecified atom stereocenters. The minimum Gasteiger partial charge on any atom is -0.465 e. The number of hydrogen-bond acceptors (Lipinski definition) is 15. The van der Waals surface area contributed by atoms with E-state index in [1.54, 1.807) is 60.7 Å². The first-order valence-electron chi connectivity index (χ1n) is 29.3. The van der Waals surface area contributed by atoms with Gasteiger partial charge in [0.15, 0.2) is 12.5 Å². The smallest absolute Gasteiger partial charge is 0.351 e. The standard InChI is InChI=1S/C65H72N9O12P/c1-44-35-47(36-45(2)46(44)3)41-82-59(75)29-30-60(76)83-42-54-38-72(40-58(86-54)74-34-32-56(70-64(74)80)68-62(78)49-21-11-5-12-22-49)87(66,81)84-43-53-37-71(39-57(85-53)73-33-31-55(69-63(73)79)67-61(77)48-19-9-4-10-20-48)65(50-23-13-6-14-24-50,51-25-15-7-16-26-51)52-27-17-8-18-28-52/h4-28,31-34,44-47,53-54,57-58H,29-30,35-43H2,1-3H3,(H2,66,81)(H,67,69,77,79)(H,68,70,78,80)/t44?,45?,46?,47?,53-,54-,57+,58+,87?/m0/s1. The molecule has 2 amide bonds. The van der Waals surface area contributed by atoms with Crippen molar-refractivity contribution in [3.8, 4) is 0 Å². The summed E-state index contributed by atoms with van der Waals surface area (Å²) in [6.45, 7) is 5.92. The molecular formula is C65H72N9O12P. The molecule has 3 aliphatic rings. The lowest BCUT2D eigenvalue weighted by molar-refractivity contribution is -0.162. The number of rotatable bonds is 21. The zero-order valence-corrected chi connectivity index (χ0v) is 49.6. The summed E-state index contributed by atoms with van der Waals surface area (Å²) in [6.07, 6.45) is -0.0128. The molecule has 454 valence electrons. The van der Waals surface area contributed by atoms with E-state index in [9.17, 15) is 28.8 Å². The molecule has 0 bridgehead atoms. The second-order valence-corrected chi connectivity index (χ2v) is 24.5. The molecule has 4 heterocycles. The van der Waals surface area contributed by atoms with Crippen LogP contribution in [-0.2, 0) is 43.2 Å². The van der Waals surface area contributed by atoms with E-state index in [2.05, 4.69) is 46.3 Å². The maximum absolute atomic E-state index is 15.2. The Balaban J connectivity index is 0.910. The van der Waals surface area contributed by atoms with Crippen molar-refractivity contribution >= 4 is 43.1 Å². The third-order valence-corrected chi connectivity index (χ3v) is 18.3. The van der Waals surface area contributed by atoms with Crippen molar-refractivity contribution in [3.05, 3.63) is 225 Å². The molecule has 2 aromatic heterocycles. The quantitative estimate of drug-likeness (QED) is 0.0345. The van der Waals surface area contributed by atoms with Crippen LogP contribution in [0.5, 0.6) is 0 Å². The zero-order valence-electron chi connectivity index (χ0n) is 48.7. The second-order valence-electron chi connectivity index (χ2n) is 22.5. The molecule has 2 saturated heterocycles. The fourth-order valence-corrected chi connectivity index (χ4v) is 13.3. The van der Waals surface area contributed by atoms with Gasteiger partial charge in [-0.1, -0.05) is 148 Å². The Kier molecular flexibility index (Phi) is 19.9. The number of hydrogen-bond donors (Lipinski definition) is 3. The normalized spacial score (nSPS) is 22.5. The zero-order chi connectivity index (χ0) is 61.1. The van der Waals surface area contributed by atoms with Crippen LogP contribution in [0.25, 0.3) is 0 Å². The van der Waals surface area contributed by atoms with Gasteiger partial charge in [-0.3, -0.25) is 37.8 Å². The van der Waals surface area contributed by atoms with Crippen molar-refractivity contribution in [2.75, 3.05) is 56.6 Å². The minimum absolute atomic E-state index is 0.0265. The van der Waals surface area contributed by atoms with Gasteiger partial charge < -0.3 is 34.1 Å². The maximum atomic E-state index is 15.2. The molecule has 2 aliphatic heterocycles. The number of esters is 2. The molecule has 7 aromatic rings. The third kappa shape index (κ3) is 14.9. The Bertz CT molecular complexity index is 3550. The van der Waals surface area contributed by atoms with Crippen LogP contribution < -0.4 is 27.5 Å². The van der Waals surface area contributed by atoms with Gasteiger partial charge in [0.1, 0.15) is 24.3 Å². The molecule has 0 spiro atoms. The number of morpholine rings is 2. The van der Waals surface area contributed by atoms with Crippen LogP contribution in [-0.4, -0.2) is 111 Å². The van der Waals surface area contributed by atoms with Gasteiger partial charge >= 0.3 is 31.0 Å². The summed E-state index contributed by atoms with van der Waals surface area (Å²) in [6, 6.07) is 49.6. The average molecular weight is 1200 g/mol. The Hall–Kier alpha value is -8.27. The largest absolute Gasteiger partial charge is 0.465 e. The highest BCUT2D eigenvalue weighted by atomic mass is 31.2. The first kappa shape index (κ1) is 61.8.